The number of carbonyl (C=O) groups excluding carboxylic acids is 4. The number of ether oxygens (including phenoxy) is 2. The first-order valence-electron chi connectivity index (χ1n) is 12.1. The Kier molecular flexibility index (Phi) is 10.7. The summed E-state index contributed by atoms with van der Waals surface area (Å²) in [7, 11) is 1.65. The van der Waals surface area contributed by atoms with E-state index < -0.39 is 34.8 Å². The van der Waals surface area contributed by atoms with Crippen molar-refractivity contribution in [3.05, 3.63) is 56.4 Å². The summed E-state index contributed by atoms with van der Waals surface area (Å²) >= 11 is 7.96. The molecule has 0 aliphatic rings. The topological polar surface area (TPSA) is 142 Å². The van der Waals surface area contributed by atoms with E-state index in [4.69, 9.17) is 21.1 Å². The smallest absolute Gasteiger partial charge is 0.348 e. The summed E-state index contributed by atoms with van der Waals surface area (Å²) in [5.41, 5.74) is 0.171. The molecule has 0 radical (unpaired) electrons. The van der Waals surface area contributed by atoms with Crippen molar-refractivity contribution in [2.75, 3.05) is 18.5 Å². The minimum atomic E-state index is -0.750. The first kappa shape index (κ1) is 31.0. The Bertz CT molecular complexity index is 1420. The van der Waals surface area contributed by atoms with E-state index in [2.05, 4.69) is 20.8 Å². The lowest BCUT2D eigenvalue weighted by molar-refractivity contribution is -0.115. The molecular formula is C25H27ClFN5O6S2. The third kappa shape index (κ3) is 6.98. The number of aromatic nitrogens is 3. The number of hydrogen-bond acceptors (Lipinski definition) is 10. The van der Waals surface area contributed by atoms with Gasteiger partial charge >= 0.3 is 11.9 Å². The number of nitrogens with zero attached hydrogens (tertiary/aromatic N) is 3. The summed E-state index contributed by atoms with van der Waals surface area (Å²) in [5.74, 6) is -2.83. The van der Waals surface area contributed by atoms with Gasteiger partial charge in [0.05, 0.1) is 41.2 Å². The molecule has 0 aliphatic carbocycles. The van der Waals surface area contributed by atoms with Crippen molar-refractivity contribution in [1.29, 1.82) is 0 Å². The van der Waals surface area contributed by atoms with E-state index in [1.165, 1.54) is 12.1 Å². The summed E-state index contributed by atoms with van der Waals surface area (Å²) in [6.45, 7) is 6.74. The van der Waals surface area contributed by atoms with Crippen molar-refractivity contribution in [3.63, 3.8) is 0 Å². The number of anilines is 1. The van der Waals surface area contributed by atoms with Crippen molar-refractivity contribution in [3.8, 4) is 0 Å². The molecule has 11 nitrogen and oxygen atoms in total. The molecule has 1 atom stereocenters. The average Bonchev–Trinajstić information content (AvgIpc) is 3.41. The van der Waals surface area contributed by atoms with Gasteiger partial charge in [-0.05, 0) is 45.4 Å². The fourth-order valence-electron chi connectivity index (χ4n) is 3.43. The number of carbonyl (C=O) groups is 4. The molecule has 0 aliphatic heterocycles. The molecule has 0 unspecified atom stereocenters. The van der Waals surface area contributed by atoms with Gasteiger partial charge in [0.15, 0.2) is 11.0 Å². The molecule has 1 aromatic carbocycles. The monoisotopic (exact) mass is 611 g/mol. The number of benzene rings is 1. The second-order valence-electron chi connectivity index (χ2n) is 8.19. The molecule has 3 rings (SSSR count). The maximum Gasteiger partial charge on any atom is 0.348 e. The van der Waals surface area contributed by atoms with Crippen LogP contribution in [0, 0.1) is 12.7 Å². The van der Waals surface area contributed by atoms with Crippen molar-refractivity contribution in [1.82, 2.24) is 20.1 Å². The van der Waals surface area contributed by atoms with E-state index in [9.17, 15) is 23.6 Å². The van der Waals surface area contributed by atoms with Gasteiger partial charge in [0.2, 0.25) is 5.91 Å². The molecule has 3 aromatic rings. The van der Waals surface area contributed by atoms with Crippen LogP contribution in [0.15, 0.2) is 23.4 Å². The van der Waals surface area contributed by atoms with Gasteiger partial charge in [-0.1, -0.05) is 29.4 Å². The fourth-order valence-corrected chi connectivity index (χ4v) is 5.61. The molecule has 0 bridgehead atoms. The Balaban J connectivity index is 1.71. The Hall–Kier alpha value is -3.49. The molecule has 0 saturated carbocycles. The number of rotatable bonds is 11. The van der Waals surface area contributed by atoms with Crippen LogP contribution >= 0.6 is 34.7 Å². The number of thiophene rings is 1. The van der Waals surface area contributed by atoms with Gasteiger partial charge in [-0.2, -0.15) is 0 Å². The predicted molar refractivity (Wildman–Crippen MR) is 149 cm³/mol. The third-order valence-electron chi connectivity index (χ3n) is 5.50. The van der Waals surface area contributed by atoms with Gasteiger partial charge in [-0.25, -0.2) is 14.0 Å². The maximum atomic E-state index is 14.0. The lowest BCUT2D eigenvalue weighted by atomic mass is 10.1. The van der Waals surface area contributed by atoms with Crippen LogP contribution in [0.25, 0.3) is 0 Å². The molecule has 0 saturated heterocycles. The molecule has 0 fully saturated rings. The summed E-state index contributed by atoms with van der Waals surface area (Å²) in [5, 5.41) is 13.2. The van der Waals surface area contributed by atoms with E-state index >= 15 is 0 Å². The van der Waals surface area contributed by atoms with E-state index in [-0.39, 0.29) is 45.8 Å². The highest BCUT2D eigenvalue weighted by molar-refractivity contribution is 8.00. The Morgan fingerprint density at radius 1 is 1.12 bits per heavy atom. The van der Waals surface area contributed by atoms with Crippen molar-refractivity contribution in [2.24, 2.45) is 7.05 Å². The molecule has 40 heavy (non-hydrogen) atoms. The molecule has 2 N–H and O–H groups in total. The summed E-state index contributed by atoms with van der Waals surface area (Å²) in [6.07, 6.45) is 0. The normalized spacial score (nSPS) is 11.6. The number of thioether (sulfide) groups is 1. The van der Waals surface area contributed by atoms with Crippen LogP contribution in [-0.4, -0.2) is 57.0 Å². The van der Waals surface area contributed by atoms with E-state index in [1.807, 2.05) is 0 Å². The van der Waals surface area contributed by atoms with Crippen LogP contribution in [-0.2, 0) is 27.9 Å². The van der Waals surface area contributed by atoms with E-state index in [1.54, 1.807) is 39.3 Å². The minimum absolute atomic E-state index is 0.0204. The highest BCUT2D eigenvalue weighted by Gasteiger charge is 2.29. The number of amides is 2. The summed E-state index contributed by atoms with van der Waals surface area (Å²) in [4.78, 5) is 50.7. The summed E-state index contributed by atoms with van der Waals surface area (Å²) < 4.78 is 25.8. The molecule has 2 aromatic heterocycles. The van der Waals surface area contributed by atoms with Crippen LogP contribution < -0.4 is 10.6 Å². The van der Waals surface area contributed by atoms with Gasteiger partial charge in [0, 0.05) is 7.05 Å². The average molecular weight is 612 g/mol. The highest BCUT2D eigenvalue weighted by atomic mass is 35.5. The standard InChI is InChI=1S/C25H27ClFN5O6S2/c1-6-37-23(35)17-12(3)19(24(36)38-7-2)40-22(17)29-20(33)13(4)39-25-31-30-16(32(25)5)11-28-21(34)18-14(26)9-8-10-15(18)27/h8-10,13H,6-7,11H2,1-5H3,(H,28,34)(H,29,33)/t13-/m0/s1. The van der Waals surface area contributed by atoms with Gasteiger partial charge in [0.25, 0.3) is 5.91 Å². The molecule has 0 spiro atoms. The first-order valence-corrected chi connectivity index (χ1v) is 14.1. The minimum Gasteiger partial charge on any atom is -0.462 e. The highest BCUT2D eigenvalue weighted by Crippen LogP contribution is 2.35. The van der Waals surface area contributed by atoms with Crippen molar-refractivity contribution >= 4 is 63.5 Å². The van der Waals surface area contributed by atoms with E-state index in [0.717, 1.165) is 29.2 Å². The quantitative estimate of drug-likeness (QED) is 0.239. The molecule has 214 valence electrons. The molecule has 2 heterocycles. The zero-order valence-corrected chi connectivity index (χ0v) is 24.7. The Morgan fingerprint density at radius 2 is 1.80 bits per heavy atom. The summed E-state index contributed by atoms with van der Waals surface area (Å²) in [6, 6.07) is 3.94. The van der Waals surface area contributed by atoms with Gasteiger partial charge < -0.3 is 24.7 Å². The maximum absolute atomic E-state index is 14.0. The lowest BCUT2D eigenvalue weighted by Crippen LogP contribution is -2.26. The molecule has 15 heteroatoms. The number of nitrogens with one attached hydrogen (secondary N) is 2. The van der Waals surface area contributed by atoms with Crippen LogP contribution in [0.5, 0.6) is 0 Å². The van der Waals surface area contributed by atoms with Gasteiger partial charge in [-0.15, -0.1) is 21.5 Å². The Morgan fingerprint density at radius 3 is 2.45 bits per heavy atom. The Labute approximate surface area is 242 Å². The van der Waals surface area contributed by atoms with Crippen LogP contribution in [0.3, 0.4) is 0 Å². The van der Waals surface area contributed by atoms with Crippen LogP contribution in [0.2, 0.25) is 5.02 Å². The number of esters is 2. The lowest BCUT2D eigenvalue weighted by Gasteiger charge is -2.12. The third-order valence-corrected chi connectivity index (χ3v) is 8.13. The number of halogens is 2. The van der Waals surface area contributed by atoms with E-state index in [0.29, 0.717) is 16.5 Å². The van der Waals surface area contributed by atoms with Crippen molar-refractivity contribution in [2.45, 2.75) is 44.6 Å². The molecule has 2 amide bonds. The predicted octanol–water partition coefficient (Wildman–Crippen LogP) is 4.38. The molecular weight excluding hydrogens is 585 g/mol. The van der Waals surface area contributed by atoms with Gasteiger partial charge in [0.1, 0.15) is 15.7 Å². The SMILES string of the molecule is CCOC(=O)c1sc(NC(=O)[C@H](C)Sc2nnc(CNC(=O)c3c(F)cccc3Cl)n2C)c(C(=O)OCC)c1C. The second kappa shape index (κ2) is 13.7. The number of hydrogen-bond donors (Lipinski definition) is 2. The van der Waals surface area contributed by atoms with Crippen LogP contribution in [0.1, 0.15) is 62.5 Å². The second-order valence-corrected chi connectivity index (χ2v) is 10.9. The zero-order valence-electron chi connectivity index (χ0n) is 22.3. The largest absolute Gasteiger partial charge is 0.462 e. The van der Waals surface area contributed by atoms with Crippen molar-refractivity contribution < 1.29 is 33.0 Å². The van der Waals surface area contributed by atoms with Gasteiger partial charge in [-0.3, -0.25) is 9.59 Å². The first-order chi connectivity index (χ1) is 19.0. The zero-order chi connectivity index (χ0) is 29.6. The fraction of sp³-hybridized carbons (Fsp3) is 0.360. The van der Waals surface area contributed by atoms with Crippen LogP contribution in [0.4, 0.5) is 9.39 Å².